The van der Waals surface area contributed by atoms with E-state index in [1.54, 1.807) is 6.08 Å². The van der Waals surface area contributed by atoms with Crippen molar-refractivity contribution < 1.29 is 47.4 Å². The first-order valence-corrected chi connectivity index (χ1v) is 23.2. The first-order chi connectivity index (χ1) is 33.1. The Kier molecular flexibility index (Phi) is 18.5. The largest absolute Gasteiger partial charge is 0.374 e. The Morgan fingerprint density at radius 1 is 0.388 bits per heavy atom. The molecule has 10 heteroatoms. The second kappa shape index (κ2) is 25.7. The third-order valence-corrected chi connectivity index (χ3v) is 11.8. The minimum Gasteiger partial charge on any atom is -0.374 e. The van der Waals surface area contributed by atoms with Crippen LogP contribution in [0.15, 0.2) is 195 Å². The summed E-state index contributed by atoms with van der Waals surface area (Å²) in [6, 6.07) is 60.3. The molecule has 0 saturated carbocycles. The third kappa shape index (κ3) is 14.1. The molecule has 67 heavy (non-hydrogen) atoms. The van der Waals surface area contributed by atoms with Gasteiger partial charge in [0.05, 0.1) is 59.0 Å². The van der Waals surface area contributed by atoms with E-state index >= 15 is 0 Å². The van der Waals surface area contributed by atoms with Gasteiger partial charge >= 0.3 is 0 Å². The molecule has 2 heterocycles. The van der Waals surface area contributed by atoms with Crippen LogP contribution in [0.4, 0.5) is 0 Å². The molecular formula is C57H62O10. The normalized spacial score (nSPS) is 25.1. The maximum atomic E-state index is 7.38. The fourth-order valence-electron chi connectivity index (χ4n) is 8.37. The van der Waals surface area contributed by atoms with Gasteiger partial charge in [-0.15, -0.1) is 6.58 Å². The van der Waals surface area contributed by atoms with Crippen molar-refractivity contribution in [1.82, 2.24) is 0 Å². The third-order valence-electron chi connectivity index (χ3n) is 11.8. The van der Waals surface area contributed by atoms with Crippen molar-refractivity contribution in [3.63, 3.8) is 0 Å². The molecule has 0 aliphatic carbocycles. The van der Waals surface area contributed by atoms with E-state index in [4.69, 9.17) is 47.4 Å². The second-order valence-electron chi connectivity index (χ2n) is 16.8. The lowest BCUT2D eigenvalue weighted by atomic mass is 9.96. The van der Waals surface area contributed by atoms with Gasteiger partial charge in [0.1, 0.15) is 42.7 Å². The van der Waals surface area contributed by atoms with Crippen LogP contribution in [-0.4, -0.2) is 74.6 Å². The Balaban J connectivity index is 1.16. The molecule has 10 nitrogen and oxygen atoms in total. The molecule has 6 aromatic rings. The van der Waals surface area contributed by atoms with Gasteiger partial charge in [-0.3, -0.25) is 0 Å². The fourth-order valence-corrected chi connectivity index (χ4v) is 8.37. The molecule has 2 aliphatic heterocycles. The highest BCUT2D eigenvalue weighted by Gasteiger charge is 2.54. The van der Waals surface area contributed by atoms with Crippen molar-refractivity contribution in [2.75, 3.05) is 13.2 Å². The van der Waals surface area contributed by atoms with Crippen molar-refractivity contribution in [1.29, 1.82) is 0 Å². The molecular weight excluding hydrogens is 845 g/mol. The molecule has 350 valence electrons. The minimum absolute atomic E-state index is 0.138. The van der Waals surface area contributed by atoms with Crippen LogP contribution in [0.5, 0.6) is 0 Å². The molecule has 0 radical (unpaired) electrons. The van der Waals surface area contributed by atoms with E-state index in [9.17, 15) is 0 Å². The van der Waals surface area contributed by atoms with Gasteiger partial charge in [-0.1, -0.05) is 188 Å². The molecule has 6 aromatic carbocycles. The minimum atomic E-state index is -0.996. The van der Waals surface area contributed by atoms with Gasteiger partial charge in [-0.25, -0.2) is 0 Å². The lowest BCUT2D eigenvalue weighted by Crippen LogP contribution is -2.66. The zero-order valence-corrected chi connectivity index (χ0v) is 38.1. The highest BCUT2D eigenvalue weighted by molar-refractivity contribution is 5.18. The van der Waals surface area contributed by atoms with Crippen molar-refractivity contribution >= 4 is 0 Å². The Morgan fingerprint density at radius 2 is 0.731 bits per heavy atom. The lowest BCUT2D eigenvalue weighted by Gasteiger charge is -2.50. The summed E-state index contributed by atoms with van der Waals surface area (Å²) in [4.78, 5) is 0. The Hall–Kier alpha value is -5.34. The predicted molar refractivity (Wildman–Crippen MR) is 255 cm³/mol. The topological polar surface area (TPSA) is 92.3 Å². The quantitative estimate of drug-likeness (QED) is 0.0547. The zero-order chi connectivity index (χ0) is 45.9. The van der Waals surface area contributed by atoms with Crippen molar-refractivity contribution in [2.24, 2.45) is 0 Å². The van der Waals surface area contributed by atoms with Crippen LogP contribution in [0.2, 0.25) is 0 Å². The van der Waals surface area contributed by atoms with E-state index in [-0.39, 0.29) is 33.0 Å². The summed E-state index contributed by atoms with van der Waals surface area (Å²) >= 11 is 0. The van der Waals surface area contributed by atoms with Gasteiger partial charge in [-0.05, 0) is 40.3 Å². The van der Waals surface area contributed by atoms with Gasteiger partial charge in [0.15, 0.2) is 12.6 Å². The van der Waals surface area contributed by atoms with Crippen LogP contribution in [0, 0.1) is 0 Å². The molecule has 2 fully saturated rings. The Morgan fingerprint density at radius 3 is 1.13 bits per heavy atom. The number of ether oxygens (including phenoxy) is 10. The summed E-state index contributed by atoms with van der Waals surface area (Å²) in [7, 11) is 0. The van der Waals surface area contributed by atoms with Gasteiger partial charge in [0.25, 0.3) is 0 Å². The number of rotatable bonds is 24. The summed E-state index contributed by atoms with van der Waals surface area (Å²) in [6.07, 6.45) is -5.73. The molecule has 10 atom stereocenters. The maximum absolute atomic E-state index is 7.38. The van der Waals surface area contributed by atoms with Crippen molar-refractivity contribution in [2.45, 2.75) is 108 Å². The summed E-state index contributed by atoms with van der Waals surface area (Å²) in [5, 5.41) is 0. The molecule has 2 saturated heterocycles. The van der Waals surface area contributed by atoms with Crippen LogP contribution in [-0.2, 0) is 87.0 Å². The van der Waals surface area contributed by atoms with Crippen LogP contribution in [0.3, 0.4) is 0 Å². The summed E-state index contributed by atoms with van der Waals surface area (Å²) < 4.78 is 68.7. The first-order valence-electron chi connectivity index (χ1n) is 23.2. The Bertz CT molecular complexity index is 2270. The van der Waals surface area contributed by atoms with E-state index in [1.165, 1.54) is 0 Å². The highest BCUT2D eigenvalue weighted by Crippen LogP contribution is 2.36. The molecule has 0 bridgehead atoms. The van der Waals surface area contributed by atoms with Crippen molar-refractivity contribution in [3.05, 3.63) is 228 Å². The smallest absolute Gasteiger partial charge is 0.187 e. The van der Waals surface area contributed by atoms with Crippen molar-refractivity contribution in [3.8, 4) is 0 Å². The second-order valence-corrected chi connectivity index (χ2v) is 16.8. The first kappa shape index (κ1) is 48.1. The lowest BCUT2D eigenvalue weighted by molar-refractivity contribution is -0.373. The fraction of sp³-hybridized carbons (Fsp3) is 0.333. The average Bonchev–Trinajstić information content (AvgIpc) is 3.38. The molecule has 0 N–H and O–H groups in total. The number of hydrogen-bond acceptors (Lipinski definition) is 10. The summed E-state index contributed by atoms with van der Waals surface area (Å²) in [6.45, 7) is 8.08. The van der Waals surface area contributed by atoms with E-state index < -0.39 is 61.4 Å². The van der Waals surface area contributed by atoms with E-state index in [0.717, 1.165) is 33.4 Å². The van der Waals surface area contributed by atoms with Gasteiger partial charge in [-0.2, -0.15) is 0 Å². The number of hydrogen-bond donors (Lipinski definition) is 0. The molecule has 1 unspecified atom stereocenters. The highest BCUT2D eigenvalue weighted by atomic mass is 16.8. The molecule has 8 rings (SSSR count). The van der Waals surface area contributed by atoms with Crippen LogP contribution in [0.1, 0.15) is 40.3 Å². The van der Waals surface area contributed by atoms with Gasteiger partial charge in [0.2, 0.25) is 0 Å². The van der Waals surface area contributed by atoms with E-state index in [2.05, 4.69) is 6.58 Å². The van der Waals surface area contributed by atoms with E-state index in [0.29, 0.717) is 19.8 Å². The average molecular weight is 907 g/mol. The molecule has 0 aromatic heterocycles. The molecule has 0 spiro atoms. The summed E-state index contributed by atoms with van der Waals surface area (Å²) in [5.74, 6) is 0. The zero-order valence-electron chi connectivity index (χ0n) is 38.1. The van der Waals surface area contributed by atoms with Gasteiger partial charge < -0.3 is 47.4 Å². The van der Waals surface area contributed by atoms with Crippen LogP contribution >= 0.6 is 0 Å². The van der Waals surface area contributed by atoms with Crippen LogP contribution < -0.4 is 0 Å². The maximum Gasteiger partial charge on any atom is 0.187 e. The van der Waals surface area contributed by atoms with E-state index in [1.807, 2.05) is 189 Å². The van der Waals surface area contributed by atoms with Gasteiger partial charge in [0, 0.05) is 0 Å². The summed E-state index contributed by atoms with van der Waals surface area (Å²) in [5.41, 5.74) is 6.01. The monoisotopic (exact) mass is 906 g/mol. The SMILES string of the molecule is C=CCOC1O[C@H](COCc2ccccc2)[C@@H](O[C@H]2O[C@H](C)[C@@H](OCc3ccccc3)[C@H](OCc3ccccc3)[C@H]2OCc2ccccc2)[C@H](OCc2ccccc2)[C@H]1OCc1ccccc1. The predicted octanol–water partition coefficient (Wildman–Crippen LogP) is 10.2. The Labute approximate surface area is 395 Å². The molecule has 0 amide bonds. The van der Waals surface area contributed by atoms with Crippen LogP contribution in [0.25, 0.3) is 0 Å². The number of benzene rings is 6. The standard InChI is InChI=1S/C57H62O10/c1-3-34-59-56-54(63-39-47-30-18-8-19-31-47)53(62-38-46-28-16-7-17-29-46)51(49(66-56)41-58-35-43-22-10-4-11-23-43)67-57-55(64-40-48-32-20-9-21-33-48)52(61-37-45-26-14-6-15-27-45)50(42(2)65-57)60-36-44-24-12-5-13-25-44/h3-33,42,49-57H,1,34-41H2,2H3/t42-,49-,50-,51-,52+,53+,54-,55-,56?,57-/m1/s1. The molecule has 2 aliphatic rings.